The molecule has 0 aromatic carbocycles. The van der Waals surface area contributed by atoms with Gasteiger partial charge in [-0.25, -0.2) is 0 Å². The maximum Gasteiger partial charge on any atom is 0.486 e. The molecule has 74 valence electrons. The normalized spacial score (nSPS) is 27.4. The highest BCUT2D eigenvalue weighted by Gasteiger charge is 2.41. The lowest BCUT2D eigenvalue weighted by Gasteiger charge is -2.21. The minimum Gasteiger partial charge on any atom is -0.402 e. The van der Waals surface area contributed by atoms with Crippen molar-refractivity contribution in [3.05, 3.63) is 12.1 Å². The molecule has 1 aliphatic heterocycles. The van der Waals surface area contributed by atoms with Crippen molar-refractivity contribution >= 4 is 7.12 Å². The molecule has 2 nitrogen and oxygen atoms in total. The molecule has 1 unspecified atom stereocenters. The minimum absolute atomic E-state index is 0.142. The van der Waals surface area contributed by atoms with Gasteiger partial charge in [0.15, 0.2) is 0 Å². The fourth-order valence-corrected chi connectivity index (χ4v) is 1.25. The van der Waals surface area contributed by atoms with E-state index in [2.05, 4.69) is 26.8 Å². The van der Waals surface area contributed by atoms with E-state index in [0.29, 0.717) is 0 Å². The second-order valence-corrected chi connectivity index (χ2v) is 4.08. The monoisotopic (exact) mass is 182 g/mol. The maximum atomic E-state index is 5.70. The molecular formula is C10H19BO2. The standard InChI is InChI=1S/C10H19BO2/c1-5-6-7-8-11-12-9(2)10(3,4)13-11/h7-9H,5-6H2,1-4H3/b8-7+. The molecule has 1 fully saturated rings. The highest BCUT2D eigenvalue weighted by molar-refractivity contribution is 6.51. The van der Waals surface area contributed by atoms with Gasteiger partial charge in [0.25, 0.3) is 0 Å². The van der Waals surface area contributed by atoms with Crippen molar-refractivity contribution in [3.8, 4) is 0 Å². The second-order valence-electron chi connectivity index (χ2n) is 4.08. The molecule has 1 atom stereocenters. The van der Waals surface area contributed by atoms with Gasteiger partial charge in [0.05, 0.1) is 11.7 Å². The molecule has 0 saturated carbocycles. The van der Waals surface area contributed by atoms with Gasteiger partial charge in [-0.1, -0.05) is 25.4 Å². The fourth-order valence-electron chi connectivity index (χ4n) is 1.25. The van der Waals surface area contributed by atoms with Gasteiger partial charge in [-0.05, 0) is 27.2 Å². The van der Waals surface area contributed by atoms with Crippen LogP contribution in [0.25, 0.3) is 0 Å². The zero-order valence-electron chi connectivity index (χ0n) is 9.04. The van der Waals surface area contributed by atoms with E-state index in [4.69, 9.17) is 9.31 Å². The molecular weight excluding hydrogens is 163 g/mol. The van der Waals surface area contributed by atoms with Crippen LogP contribution in [0.5, 0.6) is 0 Å². The topological polar surface area (TPSA) is 18.5 Å². The van der Waals surface area contributed by atoms with E-state index >= 15 is 0 Å². The summed E-state index contributed by atoms with van der Waals surface area (Å²) in [7, 11) is -0.142. The minimum atomic E-state index is -0.152. The maximum absolute atomic E-state index is 5.70. The molecule has 0 spiro atoms. The molecule has 1 rings (SSSR count). The van der Waals surface area contributed by atoms with Crippen LogP contribution in [0.1, 0.15) is 40.5 Å². The van der Waals surface area contributed by atoms with Gasteiger partial charge in [-0.15, -0.1) is 0 Å². The van der Waals surface area contributed by atoms with Crippen LogP contribution in [0.15, 0.2) is 12.1 Å². The quantitative estimate of drug-likeness (QED) is 0.624. The van der Waals surface area contributed by atoms with Crippen LogP contribution in [-0.2, 0) is 9.31 Å². The number of rotatable bonds is 3. The summed E-state index contributed by atoms with van der Waals surface area (Å²) < 4.78 is 11.3. The molecule has 3 heteroatoms. The first-order valence-corrected chi connectivity index (χ1v) is 5.06. The summed E-state index contributed by atoms with van der Waals surface area (Å²) in [4.78, 5) is 0. The van der Waals surface area contributed by atoms with Gasteiger partial charge in [-0.2, -0.15) is 0 Å². The predicted molar refractivity (Wildman–Crippen MR) is 55.5 cm³/mol. The average molecular weight is 182 g/mol. The Labute approximate surface area is 81.4 Å². The summed E-state index contributed by atoms with van der Waals surface area (Å²) in [6, 6.07) is 0. The molecule has 1 aliphatic rings. The third-order valence-electron chi connectivity index (χ3n) is 2.49. The molecule has 0 bridgehead atoms. The van der Waals surface area contributed by atoms with Crippen LogP contribution >= 0.6 is 0 Å². The Kier molecular flexibility index (Phi) is 3.57. The van der Waals surface area contributed by atoms with Crippen molar-refractivity contribution in [2.45, 2.75) is 52.2 Å². The van der Waals surface area contributed by atoms with E-state index in [1.165, 1.54) is 6.42 Å². The van der Waals surface area contributed by atoms with Gasteiger partial charge in [0, 0.05) is 0 Å². The Bertz CT molecular complexity index is 189. The van der Waals surface area contributed by atoms with E-state index in [1.807, 2.05) is 12.9 Å². The lowest BCUT2D eigenvalue weighted by Crippen LogP contribution is -2.30. The van der Waals surface area contributed by atoms with Gasteiger partial charge < -0.3 is 9.31 Å². The fraction of sp³-hybridized carbons (Fsp3) is 0.800. The van der Waals surface area contributed by atoms with Gasteiger partial charge >= 0.3 is 7.12 Å². The van der Waals surface area contributed by atoms with Crippen LogP contribution in [0, 0.1) is 0 Å². The van der Waals surface area contributed by atoms with Crippen molar-refractivity contribution in [3.63, 3.8) is 0 Å². The number of hydrogen-bond donors (Lipinski definition) is 0. The summed E-state index contributed by atoms with van der Waals surface area (Å²) in [5.74, 6) is 2.01. The Balaban J connectivity index is 2.40. The number of unbranched alkanes of at least 4 members (excludes halogenated alkanes) is 1. The molecule has 0 amide bonds. The van der Waals surface area contributed by atoms with Crippen LogP contribution in [0.2, 0.25) is 0 Å². The first kappa shape index (κ1) is 10.8. The summed E-state index contributed by atoms with van der Waals surface area (Å²) in [5.41, 5.74) is -0.152. The van der Waals surface area contributed by atoms with E-state index in [0.717, 1.165) is 6.42 Å². The molecule has 13 heavy (non-hydrogen) atoms. The number of hydrogen-bond acceptors (Lipinski definition) is 2. The van der Waals surface area contributed by atoms with Crippen LogP contribution in [0.4, 0.5) is 0 Å². The van der Waals surface area contributed by atoms with Gasteiger partial charge in [-0.3, -0.25) is 0 Å². The van der Waals surface area contributed by atoms with Gasteiger partial charge in [0.2, 0.25) is 0 Å². The van der Waals surface area contributed by atoms with Gasteiger partial charge in [0.1, 0.15) is 0 Å². The van der Waals surface area contributed by atoms with Crippen molar-refractivity contribution in [1.82, 2.24) is 0 Å². The lowest BCUT2D eigenvalue weighted by molar-refractivity contribution is 0.0842. The van der Waals surface area contributed by atoms with E-state index in [9.17, 15) is 0 Å². The first-order valence-electron chi connectivity index (χ1n) is 5.06. The molecule has 0 aliphatic carbocycles. The zero-order valence-corrected chi connectivity index (χ0v) is 9.04. The Hall–Kier alpha value is -0.275. The summed E-state index contributed by atoms with van der Waals surface area (Å²) in [5, 5.41) is 0. The van der Waals surface area contributed by atoms with E-state index in [1.54, 1.807) is 0 Å². The second kappa shape index (κ2) is 4.29. The largest absolute Gasteiger partial charge is 0.486 e. The Morgan fingerprint density at radius 2 is 2.15 bits per heavy atom. The average Bonchev–Trinajstić information content (AvgIpc) is 2.27. The molecule has 0 N–H and O–H groups in total. The molecule has 0 radical (unpaired) electrons. The first-order chi connectivity index (χ1) is 6.06. The Morgan fingerprint density at radius 1 is 1.46 bits per heavy atom. The van der Waals surface area contributed by atoms with Crippen molar-refractivity contribution in [2.75, 3.05) is 0 Å². The molecule has 0 aromatic heterocycles. The smallest absolute Gasteiger partial charge is 0.402 e. The van der Waals surface area contributed by atoms with Crippen molar-refractivity contribution < 1.29 is 9.31 Å². The lowest BCUT2D eigenvalue weighted by atomic mass is 9.89. The third-order valence-corrected chi connectivity index (χ3v) is 2.49. The number of allylic oxidation sites excluding steroid dienone is 1. The van der Waals surface area contributed by atoms with Crippen molar-refractivity contribution in [1.29, 1.82) is 0 Å². The summed E-state index contributed by atoms with van der Waals surface area (Å²) in [6.45, 7) is 8.33. The zero-order chi connectivity index (χ0) is 9.90. The summed E-state index contributed by atoms with van der Waals surface area (Å²) in [6.07, 6.45) is 4.56. The van der Waals surface area contributed by atoms with E-state index < -0.39 is 0 Å². The predicted octanol–water partition coefficient (Wildman–Crippen LogP) is 2.58. The van der Waals surface area contributed by atoms with Crippen molar-refractivity contribution in [2.24, 2.45) is 0 Å². The highest BCUT2D eigenvalue weighted by atomic mass is 16.7. The third kappa shape index (κ3) is 2.85. The van der Waals surface area contributed by atoms with E-state index in [-0.39, 0.29) is 18.8 Å². The molecule has 1 heterocycles. The SMILES string of the molecule is CCC/C=C/B1OC(C)C(C)(C)O1. The van der Waals surface area contributed by atoms with Crippen LogP contribution in [0.3, 0.4) is 0 Å². The molecule has 0 aromatic rings. The van der Waals surface area contributed by atoms with Crippen LogP contribution < -0.4 is 0 Å². The molecule has 1 saturated heterocycles. The summed E-state index contributed by atoms with van der Waals surface area (Å²) >= 11 is 0. The van der Waals surface area contributed by atoms with Crippen LogP contribution in [-0.4, -0.2) is 18.8 Å². The highest BCUT2D eigenvalue weighted by Crippen LogP contribution is 2.27. The Morgan fingerprint density at radius 3 is 2.62 bits per heavy atom.